The van der Waals surface area contributed by atoms with E-state index in [9.17, 15) is 5.11 Å². The Labute approximate surface area is 161 Å². The molecule has 0 aromatic heterocycles. The topological polar surface area (TPSA) is 89.1 Å². The Bertz CT molecular complexity index is 498. The van der Waals surface area contributed by atoms with Crippen LogP contribution in [0.3, 0.4) is 0 Å². The summed E-state index contributed by atoms with van der Waals surface area (Å²) in [5, 5.41) is 13.4. The summed E-state index contributed by atoms with van der Waals surface area (Å²) in [6.45, 7) is 3.14. The van der Waals surface area contributed by atoms with Crippen molar-refractivity contribution in [3.63, 3.8) is 0 Å². The van der Waals surface area contributed by atoms with Crippen molar-refractivity contribution in [1.29, 1.82) is 0 Å². The fourth-order valence-corrected chi connectivity index (χ4v) is 2.21. The lowest BCUT2D eigenvalue weighted by atomic mass is 10.1. The molecule has 1 atom stereocenters. The summed E-state index contributed by atoms with van der Waals surface area (Å²) < 4.78 is 10.4. The number of rotatable bonds is 10. The maximum atomic E-state index is 10.3. The van der Waals surface area contributed by atoms with Crippen LogP contribution in [0.15, 0.2) is 23.2 Å². The highest BCUT2D eigenvalue weighted by atomic mass is 127. The number of aliphatic imine (C=N–C) groups is 1. The van der Waals surface area contributed by atoms with Gasteiger partial charge in [0.05, 0.1) is 20.8 Å². The van der Waals surface area contributed by atoms with Gasteiger partial charge in [0.25, 0.3) is 0 Å². The fraction of sp³-hybridized carbons (Fsp3) is 0.588. The van der Waals surface area contributed by atoms with Crippen molar-refractivity contribution in [2.24, 2.45) is 10.7 Å². The van der Waals surface area contributed by atoms with E-state index in [4.69, 9.17) is 15.2 Å². The van der Waals surface area contributed by atoms with Gasteiger partial charge in [0.1, 0.15) is 17.6 Å². The van der Waals surface area contributed by atoms with Crippen LogP contribution in [0.1, 0.15) is 44.3 Å². The standard InChI is InChI=1S/C17H29N3O3.HI/c1-4-5-6-7-10-19-17(18)20-12-15(21)14-11-13(22-2)8-9-16(14)23-3;/h8-9,11,15,21H,4-7,10,12H2,1-3H3,(H3,18,19,20);1H. The van der Waals surface area contributed by atoms with E-state index in [2.05, 4.69) is 17.2 Å². The second-order valence-electron chi connectivity index (χ2n) is 5.34. The lowest BCUT2D eigenvalue weighted by Crippen LogP contribution is -2.32. The van der Waals surface area contributed by atoms with Crippen molar-refractivity contribution in [2.45, 2.75) is 38.7 Å². The molecule has 6 nitrogen and oxygen atoms in total. The molecule has 1 aromatic rings. The van der Waals surface area contributed by atoms with Gasteiger partial charge in [-0.05, 0) is 24.6 Å². The van der Waals surface area contributed by atoms with Gasteiger partial charge in [-0.25, -0.2) is 0 Å². The molecule has 0 amide bonds. The van der Waals surface area contributed by atoms with Gasteiger partial charge < -0.3 is 25.6 Å². The predicted molar refractivity (Wildman–Crippen MR) is 109 cm³/mol. The van der Waals surface area contributed by atoms with E-state index >= 15 is 0 Å². The molecule has 138 valence electrons. The zero-order valence-electron chi connectivity index (χ0n) is 14.7. The van der Waals surface area contributed by atoms with Gasteiger partial charge in [-0.15, -0.1) is 24.0 Å². The lowest BCUT2D eigenvalue weighted by molar-refractivity contribution is 0.182. The number of aliphatic hydroxyl groups is 1. The Morgan fingerprint density at radius 2 is 2.00 bits per heavy atom. The van der Waals surface area contributed by atoms with E-state index in [1.165, 1.54) is 19.3 Å². The van der Waals surface area contributed by atoms with Gasteiger partial charge in [-0.2, -0.15) is 0 Å². The number of nitrogens with one attached hydrogen (secondary N) is 1. The molecule has 1 rings (SSSR count). The molecule has 0 radical (unpaired) electrons. The van der Waals surface area contributed by atoms with Crippen LogP contribution in [-0.4, -0.2) is 38.4 Å². The number of guanidine groups is 1. The van der Waals surface area contributed by atoms with E-state index in [0.717, 1.165) is 13.0 Å². The van der Waals surface area contributed by atoms with Gasteiger partial charge in [0.2, 0.25) is 0 Å². The van der Waals surface area contributed by atoms with Crippen LogP contribution >= 0.6 is 24.0 Å². The molecule has 1 unspecified atom stereocenters. The minimum Gasteiger partial charge on any atom is -0.497 e. The molecule has 7 heteroatoms. The molecule has 0 heterocycles. The van der Waals surface area contributed by atoms with Crippen LogP contribution in [0.4, 0.5) is 0 Å². The molecule has 0 saturated heterocycles. The van der Waals surface area contributed by atoms with Gasteiger partial charge >= 0.3 is 0 Å². The third kappa shape index (κ3) is 8.05. The number of nitrogens with two attached hydrogens (primary N) is 1. The first-order valence-corrected chi connectivity index (χ1v) is 8.06. The summed E-state index contributed by atoms with van der Waals surface area (Å²) in [5.41, 5.74) is 6.44. The molecular weight excluding hydrogens is 421 g/mol. The number of unbranched alkanes of at least 4 members (excludes halogenated alkanes) is 3. The van der Waals surface area contributed by atoms with Crippen LogP contribution in [0.2, 0.25) is 0 Å². The Kier molecular flexibility index (Phi) is 12.4. The van der Waals surface area contributed by atoms with Crippen LogP contribution < -0.4 is 20.5 Å². The van der Waals surface area contributed by atoms with Crippen molar-refractivity contribution in [2.75, 3.05) is 27.3 Å². The summed E-state index contributed by atoms with van der Waals surface area (Å²) in [4.78, 5) is 4.19. The number of nitrogens with zero attached hydrogens (tertiary/aromatic N) is 1. The van der Waals surface area contributed by atoms with Gasteiger partial charge in [0, 0.05) is 12.1 Å². The number of benzene rings is 1. The number of hydrogen-bond acceptors (Lipinski definition) is 4. The van der Waals surface area contributed by atoms with E-state index in [1.54, 1.807) is 32.4 Å². The molecule has 0 spiro atoms. The molecule has 24 heavy (non-hydrogen) atoms. The maximum absolute atomic E-state index is 10.3. The highest BCUT2D eigenvalue weighted by Gasteiger charge is 2.14. The Balaban J connectivity index is 0.00000529. The first-order chi connectivity index (χ1) is 11.1. The Morgan fingerprint density at radius 3 is 2.62 bits per heavy atom. The van der Waals surface area contributed by atoms with Crippen molar-refractivity contribution in [3.05, 3.63) is 23.8 Å². The number of hydrogen-bond donors (Lipinski definition) is 3. The number of methoxy groups -OCH3 is 2. The van der Waals surface area contributed by atoms with Gasteiger partial charge in [0.15, 0.2) is 5.96 Å². The average molecular weight is 451 g/mol. The number of halogens is 1. The highest BCUT2D eigenvalue weighted by molar-refractivity contribution is 14.0. The minimum atomic E-state index is -0.805. The van der Waals surface area contributed by atoms with Gasteiger partial charge in [-0.1, -0.05) is 26.2 Å². The van der Waals surface area contributed by atoms with Crippen LogP contribution in [0, 0.1) is 0 Å². The van der Waals surface area contributed by atoms with Gasteiger partial charge in [-0.3, -0.25) is 4.99 Å². The van der Waals surface area contributed by atoms with E-state index in [1.807, 2.05) is 0 Å². The summed E-state index contributed by atoms with van der Waals surface area (Å²) >= 11 is 0. The smallest absolute Gasteiger partial charge is 0.188 e. The largest absolute Gasteiger partial charge is 0.497 e. The molecule has 0 fully saturated rings. The molecule has 4 N–H and O–H groups in total. The summed E-state index contributed by atoms with van der Waals surface area (Å²) in [5.74, 6) is 1.60. The molecule has 0 saturated carbocycles. The summed E-state index contributed by atoms with van der Waals surface area (Å²) in [7, 11) is 3.14. The van der Waals surface area contributed by atoms with E-state index in [-0.39, 0.29) is 30.5 Å². The highest BCUT2D eigenvalue weighted by Crippen LogP contribution is 2.29. The monoisotopic (exact) mass is 451 g/mol. The molecule has 0 bridgehead atoms. The second kappa shape index (κ2) is 13.1. The molecule has 0 aliphatic rings. The average Bonchev–Trinajstić information content (AvgIpc) is 2.58. The van der Waals surface area contributed by atoms with Crippen molar-refractivity contribution < 1.29 is 14.6 Å². The SMILES string of the molecule is CCCCCCNC(N)=NCC(O)c1cc(OC)ccc1OC.I. The van der Waals surface area contributed by atoms with Crippen LogP contribution in [0.5, 0.6) is 11.5 Å². The Morgan fingerprint density at radius 1 is 1.25 bits per heavy atom. The molecular formula is C17H30IN3O3. The fourth-order valence-electron chi connectivity index (χ4n) is 2.21. The van der Waals surface area contributed by atoms with Crippen molar-refractivity contribution in [1.82, 2.24) is 5.32 Å². The zero-order chi connectivity index (χ0) is 17.1. The molecule has 0 aliphatic heterocycles. The van der Waals surface area contributed by atoms with E-state index < -0.39 is 6.10 Å². The normalized spacial score (nSPS) is 12.2. The predicted octanol–water partition coefficient (Wildman–Crippen LogP) is 2.84. The number of aliphatic hydroxyl groups excluding tert-OH is 1. The second-order valence-corrected chi connectivity index (χ2v) is 5.34. The quantitative estimate of drug-likeness (QED) is 0.220. The van der Waals surface area contributed by atoms with Crippen molar-refractivity contribution in [3.8, 4) is 11.5 Å². The zero-order valence-corrected chi connectivity index (χ0v) is 17.1. The number of ether oxygens (including phenoxy) is 2. The van der Waals surface area contributed by atoms with E-state index in [0.29, 0.717) is 23.0 Å². The third-order valence-electron chi connectivity index (χ3n) is 3.57. The van der Waals surface area contributed by atoms with Crippen LogP contribution in [0.25, 0.3) is 0 Å². The van der Waals surface area contributed by atoms with Crippen LogP contribution in [-0.2, 0) is 0 Å². The lowest BCUT2D eigenvalue weighted by Gasteiger charge is -2.15. The first-order valence-electron chi connectivity index (χ1n) is 8.06. The maximum Gasteiger partial charge on any atom is 0.188 e. The molecule has 0 aliphatic carbocycles. The summed E-state index contributed by atoms with van der Waals surface area (Å²) in [6.07, 6.45) is 3.88. The minimum absolute atomic E-state index is 0. The Hall–Kier alpha value is -1.22. The molecule has 1 aromatic carbocycles. The third-order valence-corrected chi connectivity index (χ3v) is 3.57. The van der Waals surface area contributed by atoms with Crippen molar-refractivity contribution >= 4 is 29.9 Å². The first kappa shape index (κ1) is 22.8. The summed E-state index contributed by atoms with van der Waals surface area (Å²) in [6, 6.07) is 5.29.